The average molecular weight is 303 g/mol. The molecule has 2 N–H and O–H groups in total. The van der Waals surface area contributed by atoms with Crippen molar-refractivity contribution in [3.63, 3.8) is 0 Å². The Morgan fingerprint density at radius 1 is 1.45 bits per heavy atom. The van der Waals surface area contributed by atoms with Gasteiger partial charge in [-0.15, -0.1) is 0 Å². The van der Waals surface area contributed by atoms with E-state index in [1.165, 1.54) is 19.3 Å². The van der Waals surface area contributed by atoms with Gasteiger partial charge in [-0.3, -0.25) is 4.57 Å². The number of rotatable bonds is 5. The second-order valence-corrected chi connectivity index (χ2v) is 6.15. The maximum Gasteiger partial charge on any atom is 0.114 e. The molecule has 1 aromatic heterocycles. The second-order valence-electron chi connectivity index (χ2n) is 6.15. The second kappa shape index (κ2) is 7.61. The Hall–Kier alpha value is -1.59. The molecule has 0 radical (unpaired) electrons. The lowest BCUT2D eigenvalue weighted by atomic mass is 10.1. The van der Waals surface area contributed by atoms with E-state index in [1.807, 2.05) is 19.2 Å². The molecule has 0 bridgehead atoms. The van der Waals surface area contributed by atoms with Crippen LogP contribution in [0.2, 0.25) is 0 Å². The molecule has 0 amide bonds. The molecule has 122 valence electrons. The van der Waals surface area contributed by atoms with Crippen molar-refractivity contribution in [2.75, 3.05) is 27.2 Å². The molecule has 1 fully saturated rings. The summed E-state index contributed by atoms with van der Waals surface area (Å²) in [6.07, 6.45) is 9.60. The fraction of sp³-hybridized carbons (Fsp3) is 0.588. The van der Waals surface area contributed by atoms with Crippen LogP contribution in [0.25, 0.3) is 5.82 Å². The zero-order valence-corrected chi connectivity index (χ0v) is 14.1. The van der Waals surface area contributed by atoms with Crippen LogP contribution in [-0.2, 0) is 6.54 Å². The van der Waals surface area contributed by atoms with E-state index in [1.54, 1.807) is 0 Å². The Morgan fingerprint density at radius 2 is 2.23 bits per heavy atom. The van der Waals surface area contributed by atoms with E-state index in [4.69, 9.17) is 5.73 Å². The summed E-state index contributed by atoms with van der Waals surface area (Å²) in [5.41, 5.74) is 6.65. The van der Waals surface area contributed by atoms with Crippen LogP contribution in [0.5, 0.6) is 0 Å². The number of nitrogens with two attached hydrogens (primary N) is 1. The molecule has 0 spiro atoms. The lowest BCUT2D eigenvalue weighted by molar-refractivity contribution is 0.266. The fourth-order valence-electron chi connectivity index (χ4n) is 3.13. The highest BCUT2D eigenvalue weighted by atomic mass is 15.3. The largest absolute Gasteiger partial charge is 0.358 e. The van der Waals surface area contributed by atoms with Crippen molar-refractivity contribution in [3.8, 4) is 0 Å². The van der Waals surface area contributed by atoms with Gasteiger partial charge in [-0.25, -0.2) is 4.98 Å². The first kappa shape index (κ1) is 16.8. The first-order chi connectivity index (χ1) is 10.6. The first-order valence-electron chi connectivity index (χ1n) is 8.06. The Morgan fingerprint density at radius 3 is 2.82 bits per heavy atom. The van der Waals surface area contributed by atoms with E-state index >= 15 is 0 Å². The third-order valence-corrected chi connectivity index (χ3v) is 4.41. The predicted octanol–water partition coefficient (Wildman–Crippen LogP) is 2.05. The monoisotopic (exact) mass is 303 g/mol. The fourth-order valence-corrected chi connectivity index (χ4v) is 3.13. The number of nitrogens with zero attached hydrogens (tertiary/aromatic N) is 4. The summed E-state index contributed by atoms with van der Waals surface area (Å²) in [5.74, 6) is 2.13. The molecule has 22 heavy (non-hydrogen) atoms. The summed E-state index contributed by atoms with van der Waals surface area (Å²) in [7, 11) is 4.35. The van der Waals surface area contributed by atoms with Crippen molar-refractivity contribution in [1.29, 1.82) is 0 Å². The predicted molar refractivity (Wildman–Crippen MR) is 92.2 cm³/mol. The summed E-state index contributed by atoms with van der Waals surface area (Å²) >= 11 is 0. The van der Waals surface area contributed by atoms with E-state index in [0.717, 1.165) is 30.4 Å². The first-order valence-corrected chi connectivity index (χ1v) is 8.06. The van der Waals surface area contributed by atoms with E-state index in [-0.39, 0.29) is 0 Å². The molecule has 2 heterocycles. The van der Waals surface area contributed by atoms with Gasteiger partial charge < -0.3 is 15.5 Å². The Kier molecular flexibility index (Phi) is 5.80. The molecule has 5 heteroatoms. The Labute approximate surface area is 134 Å². The van der Waals surface area contributed by atoms with Crippen LogP contribution in [0, 0.1) is 6.92 Å². The van der Waals surface area contributed by atoms with Gasteiger partial charge in [-0.1, -0.05) is 12.7 Å². The molecular weight excluding hydrogens is 274 g/mol. The molecule has 1 aliphatic heterocycles. The summed E-state index contributed by atoms with van der Waals surface area (Å²) < 4.78 is 2.14. The highest BCUT2D eigenvalue weighted by Crippen LogP contribution is 2.22. The zero-order chi connectivity index (χ0) is 16.1. The Balaban J connectivity index is 2.23. The highest BCUT2D eigenvalue weighted by molar-refractivity contribution is 5.47. The summed E-state index contributed by atoms with van der Waals surface area (Å²) in [6, 6.07) is 0.665. The standard InChI is InChI=1S/C17H29N5/c1-5-7-17(22-13-15(12-18)19-14(22)2)21-10-6-8-16(9-11-21)20(3)4/h5,7,13,16H,1,6,8-12,18H2,2-4H3/b17-7-. The minimum Gasteiger partial charge on any atom is -0.358 e. The summed E-state index contributed by atoms with van der Waals surface area (Å²) in [4.78, 5) is 9.31. The van der Waals surface area contributed by atoms with Crippen molar-refractivity contribution in [2.45, 2.75) is 38.8 Å². The van der Waals surface area contributed by atoms with Gasteiger partial charge in [0, 0.05) is 31.9 Å². The van der Waals surface area contributed by atoms with Crippen LogP contribution in [-0.4, -0.2) is 52.6 Å². The van der Waals surface area contributed by atoms with Crippen LogP contribution in [0.1, 0.15) is 30.8 Å². The van der Waals surface area contributed by atoms with Gasteiger partial charge in [0.15, 0.2) is 0 Å². The van der Waals surface area contributed by atoms with Crippen LogP contribution in [0.4, 0.5) is 0 Å². The lowest BCUT2D eigenvalue weighted by Crippen LogP contribution is -2.30. The summed E-state index contributed by atoms with van der Waals surface area (Å²) in [6.45, 7) is 8.49. The Bertz CT molecular complexity index is 529. The molecule has 0 saturated carbocycles. The third kappa shape index (κ3) is 3.78. The average Bonchev–Trinajstić information content (AvgIpc) is 2.72. The number of aryl methyl sites for hydroxylation is 1. The number of likely N-dealkylation sites (tertiary alicyclic amines) is 1. The maximum absolute atomic E-state index is 5.73. The van der Waals surface area contributed by atoms with Crippen LogP contribution >= 0.6 is 0 Å². The minimum atomic E-state index is 0.470. The third-order valence-electron chi connectivity index (χ3n) is 4.41. The van der Waals surface area contributed by atoms with Crippen LogP contribution < -0.4 is 5.73 Å². The number of hydrogen-bond donors (Lipinski definition) is 1. The number of aromatic nitrogens is 2. The van der Waals surface area contributed by atoms with Gasteiger partial charge in [-0.2, -0.15) is 0 Å². The molecule has 1 aliphatic rings. The molecule has 2 rings (SSSR count). The molecule has 0 aromatic carbocycles. The molecule has 1 saturated heterocycles. The number of allylic oxidation sites excluding steroid dienone is 2. The molecule has 1 aromatic rings. The highest BCUT2D eigenvalue weighted by Gasteiger charge is 2.21. The molecule has 1 atom stereocenters. The van der Waals surface area contributed by atoms with Crippen molar-refractivity contribution >= 4 is 5.82 Å². The molecule has 0 aliphatic carbocycles. The number of imidazole rings is 1. The minimum absolute atomic E-state index is 0.470. The molecule has 1 unspecified atom stereocenters. The molecule has 5 nitrogen and oxygen atoms in total. The number of hydrogen-bond acceptors (Lipinski definition) is 4. The topological polar surface area (TPSA) is 50.3 Å². The van der Waals surface area contributed by atoms with E-state index in [9.17, 15) is 0 Å². The summed E-state index contributed by atoms with van der Waals surface area (Å²) in [5, 5.41) is 0. The van der Waals surface area contributed by atoms with E-state index < -0.39 is 0 Å². The van der Waals surface area contributed by atoms with Gasteiger partial charge in [0.25, 0.3) is 0 Å². The smallest absolute Gasteiger partial charge is 0.114 e. The van der Waals surface area contributed by atoms with Gasteiger partial charge >= 0.3 is 0 Å². The lowest BCUT2D eigenvalue weighted by Gasteiger charge is -2.27. The van der Waals surface area contributed by atoms with Crippen LogP contribution in [0.15, 0.2) is 24.9 Å². The van der Waals surface area contributed by atoms with Gasteiger partial charge in [0.05, 0.1) is 5.69 Å². The van der Waals surface area contributed by atoms with Gasteiger partial charge in [0.1, 0.15) is 11.6 Å². The maximum atomic E-state index is 5.73. The van der Waals surface area contributed by atoms with Crippen LogP contribution in [0.3, 0.4) is 0 Å². The quantitative estimate of drug-likeness (QED) is 0.846. The molecular formula is C17H29N5. The normalized spacial score (nSPS) is 20.3. The van der Waals surface area contributed by atoms with E-state index in [0.29, 0.717) is 12.6 Å². The van der Waals surface area contributed by atoms with Crippen molar-refractivity contribution in [2.24, 2.45) is 5.73 Å². The van der Waals surface area contributed by atoms with Crippen molar-refractivity contribution in [3.05, 3.63) is 36.4 Å². The SMILES string of the molecule is C=C/C=C(/N1CCCC(N(C)C)CC1)n1cc(CN)nc1C. The zero-order valence-electron chi connectivity index (χ0n) is 14.1. The van der Waals surface area contributed by atoms with Crippen molar-refractivity contribution < 1.29 is 0 Å². The van der Waals surface area contributed by atoms with Gasteiger partial charge in [-0.05, 0) is 46.4 Å². The van der Waals surface area contributed by atoms with Gasteiger partial charge in [0.2, 0.25) is 0 Å². The van der Waals surface area contributed by atoms with E-state index in [2.05, 4.69) is 46.1 Å². The van der Waals surface area contributed by atoms with Crippen molar-refractivity contribution in [1.82, 2.24) is 19.4 Å².